The topological polar surface area (TPSA) is 117 Å². The van der Waals surface area contributed by atoms with Crippen molar-refractivity contribution >= 4 is 28.3 Å². The van der Waals surface area contributed by atoms with Crippen molar-refractivity contribution in [3.8, 4) is 27.4 Å². The van der Waals surface area contributed by atoms with Crippen molar-refractivity contribution in [2.75, 3.05) is 6.61 Å². The Morgan fingerprint density at radius 3 is 2.55 bits per heavy atom. The van der Waals surface area contributed by atoms with Crippen molar-refractivity contribution in [1.29, 1.82) is 0 Å². The lowest BCUT2D eigenvalue weighted by Crippen LogP contribution is -2.28. The highest BCUT2D eigenvalue weighted by Crippen LogP contribution is 2.47. The van der Waals surface area contributed by atoms with Crippen LogP contribution < -0.4 is 11.2 Å². The van der Waals surface area contributed by atoms with Crippen LogP contribution in [0.15, 0.2) is 33.9 Å². The molecule has 0 saturated heterocycles. The first-order chi connectivity index (χ1) is 14.7. The molecule has 3 heterocycles. The molecule has 10 heteroatoms. The van der Waals surface area contributed by atoms with Crippen LogP contribution in [0.5, 0.6) is 5.75 Å². The van der Waals surface area contributed by atoms with E-state index in [0.29, 0.717) is 21.7 Å². The van der Waals surface area contributed by atoms with E-state index in [4.69, 9.17) is 4.74 Å². The highest BCUT2D eigenvalue weighted by Gasteiger charge is 2.29. The molecule has 0 aliphatic rings. The van der Waals surface area contributed by atoms with Crippen LogP contribution in [-0.4, -0.2) is 32.2 Å². The molecule has 1 aromatic carbocycles. The summed E-state index contributed by atoms with van der Waals surface area (Å²) in [6.07, 6.45) is 0. The minimum atomic E-state index is -0.676. The molecule has 3 aromatic heterocycles. The van der Waals surface area contributed by atoms with Crippen LogP contribution in [-0.2, 0) is 11.8 Å². The molecule has 0 saturated carbocycles. The number of aromatic nitrogens is 3. The molecule has 0 spiro atoms. The zero-order valence-corrected chi connectivity index (χ0v) is 17.6. The molecular formula is C21H18FN3O5S. The van der Waals surface area contributed by atoms with Gasteiger partial charge < -0.3 is 14.8 Å². The zero-order chi connectivity index (χ0) is 22.4. The Hall–Kier alpha value is -3.66. The monoisotopic (exact) mass is 443 g/mol. The number of carbonyl (C=O) groups excluding carboxylic acids is 1. The van der Waals surface area contributed by atoms with Crippen molar-refractivity contribution < 1.29 is 19.0 Å². The van der Waals surface area contributed by atoms with Gasteiger partial charge in [0, 0.05) is 17.5 Å². The number of rotatable bonds is 4. The van der Waals surface area contributed by atoms with Gasteiger partial charge in [-0.05, 0) is 43.7 Å². The normalized spacial score (nSPS) is 11.2. The maximum absolute atomic E-state index is 13.5. The van der Waals surface area contributed by atoms with Gasteiger partial charge in [-0.2, -0.15) is 0 Å². The largest absolute Gasteiger partial charge is 0.505 e. The number of halogens is 1. The van der Waals surface area contributed by atoms with E-state index >= 15 is 0 Å². The van der Waals surface area contributed by atoms with Crippen LogP contribution in [0.25, 0.3) is 32.7 Å². The maximum atomic E-state index is 13.5. The fourth-order valence-electron chi connectivity index (χ4n) is 3.51. The Balaban J connectivity index is 2.12. The lowest BCUT2D eigenvalue weighted by atomic mass is 10.0. The minimum absolute atomic E-state index is 0.0162. The predicted molar refractivity (Wildman–Crippen MR) is 115 cm³/mol. The third kappa shape index (κ3) is 3.25. The van der Waals surface area contributed by atoms with Crippen molar-refractivity contribution in [2.45, 2.75) is 13.8 Å². The summed E-state index contributed by atoms with van der Waals surface area (Å²) >= 11 is 1.11. The third-order valence-corrected chi connectivity index (χ3v) is 6.08. The summed E-state index contributed by atoms with van der Waals surface area (Å²) in [6.45, 7) is 3.45. The molecule has 0 radical (unpaired) electrons. The molecule has 4 aromatic rings. The van der Waals surface area contributed by atoms with E-state index in [1.807, 2.05) is 0 Å². The van der Waals surface area contributed by atoms with Gasteiger partial charge in [0.25, 0.3) is 5.56 Å². The number of fused-ring (bicyclic) bond motifs is 1. The molecular weight excluding hydrogens is 425 g/mol. The quantitative estimate of drug-likeness (QED) is 0.419. The van der Waals surface area contributed by atoms with E-state index in [1.54, 1.807) is 13.8 Å². The fraction of sp³-hybridized carbons (Fsp3) is 0.190. The Morgan fingerprint density at radius 1 is 1.23 bits per heavy atom. The molecule has 0 aliphatic heterocycles. The van der Waals surface area contributed by atoms with Crippen molar-refractivity contribution in [1.82, 2.24) is 14.5 Å². The predicted octanol–water partition coefficient (Wildman–Crippen LogP) is 3.28. The number of aromatic hydroxyl groups is 1. The van der Waals surface area contributed by atoms with Gasteiger partial charge in [0.15, 0.2) is 0 Å². The summed E-state index contributed by atoms with van der Waals surface area (Å²) in [5.74, 6) is -1.44. The lowest BCUT2D eigenvalue weighted by molar-refractivity contribution is 0.0523. The first-order valence-corrected chi connectivity index (χ1v) is 10.2. The Labute approximate surface area is 178 Å². The molecule has 0 unspecified atom stereocenters. The summed E-state index contributed by atoms with van der Waals surface area (Å²) in [5.41, 5.74) is 0.208. The SMILES string of the molecule is CCOC(=O)c1c(C)sc(-c2c(-c3ccc(F)cc3)[nH]c3c2c(=O)[nH]c(=O)n3C)c1O. The number of carbonyl (C=O) groups is 1. The Bertz CT molecular complexity index is 1440. The number of esters is 1. The zero-order valence-electron chi connectivity index (χ0n) is 16.8. The van der Waals surface area contributed by atoms with Gasteiger partial charge in [0.05, 0.1) is 22.6 Å². The van der Waals surface area contributed by atoms with Gasteiger partial charge in [0.2, 0.25) is 0 Å². The molecule has 0 fully saturated rings. The van der Waals surface area contributed by atoms with E-state index in [0.717, 1.165) is 11.3 Å². The van der Waals surface area contributed by atoms with E-state index in [9.17, 15) is 23.9 Å². The van der Waals surface area contributed by atoms with E-state index in [2.05, 4.69) is 9.97 Å². The Morgan fingerprint density at radius 2 is 1.90 bits per heavy atom. The van der Waals surface area contributed by atoms with Crippen LogP contribution in [0.4, 0.5) is 4.39 Å². The molecule has 8 nitrogen and oxygen atoms in total. The summed E-state index contributed by atoms with van der Waals surface area (Å²) < 4.78 is 19.8. The summed E-state index contributed by atoms with van der Waals surface area (Å²) in [7, 11) is 1.49. The molecule has 0 amide bonds. The van der Waals surface area contributed by atoms with Crippen LogP contribution in [0.2, 0.25) is 0 Å². The number of thiophene rings is 1. The van der Waals surface area contributed by atoms with E-state index < -0.39 is 23.0 Å². The van der Waals surface area contributed by atoms with Gasteiger partial charge >= 0.3 is 11.7 Å². The van der Waals surface area contributed by atoms with E-state index in [-0.39, 0.29) is 33.8 Å². The highest BCUT2D eigenvalue weighted by atomic mass is 32.1. The van der Waals surface area contributed by atoms with Gasteiger partial charge in [-0.25, -0.2) is 14.0 Å². The number of aryl methyl sites for hydroxylation is 2. The van der Waals surface area contributed by atoms with Crippen LogP contribution in [0, 0.1) is 12.7 Å². The number of benzene rings is 1. The standard InChI is InChI=1S/C21H18FN3O5S/c1-4-30-20(28)12-9(2)31-17(16(12)26)13-14-18(25(3)21(29)24-19(14)27)23-15(13)10-5-7-11(22)8-6-10/h5-8,23,26H,4H2,1-3H3,(H,24,27,29). The summed E-state index contributed by atoms with van der Waals surface area (Å²) in [5, 5.41) is 11.1. The maximum Gasteiger partial charge on any atom is 0.343 e. The van der Waals surface area contributed by atoms with Gasteiger partial charge in [-0.15, -0.1) is 11.3 Å². The van der Waals surface area contributed by atoms with Crippen LogP contribution in [0.3, 0.4) is 0 Å². The number of ether oxygens (including phenoxy) is 1. The molecule has 0 atom stereocenters. The second kappa shape index (κ2) is 7.55. The second-order valence-electron chi connectivity index (χ2n) is 6.86. The molecule has 0 bridgehead atoms. The molecule has 160 valence electrons. The average molecular weight is 443 g/mol. The van der Waals surface area contributed by atoms with E-state index in [1.165, 1.54) is 35.9 Å². The number of nitrogens with one attached hydrogen (secondary N) is 2. The average Bonchev–Trinajstić information content (AvgIpc) is 3.25. The molecule has 0 aliphatic carbocycles. The fourth-order valence-corrected chi connectivity index (χ4v) is 4.60. The van der Waals surface area contributed by atoms with Gasteiger partial charge in [0.1, 0.15) is 22.8 Å². The lowest BCUT2D eigenvalue weighted by Gasteiger charge is -2.05. The second-order valence-corrected chi connectivity index (χ2v) is 8.08. The number of hydrogen-bond acceptors (Lipinski definition) is 6. The third-order valence-electron chi connectivity index (χ3n) is 4.97. The van der Waals surface area contributed by atoms with Crippen molar-refractivity contribution in [3.63, 3.8) is 0 Å². The Kier molecular flexibility index (Phi) is 5.02. The minimum Gasteiger partial charge on any atom is -0.505 e. The van der Waals surface area contributed by atoms with Crippen molar-refractivity contribution in [2.24, 2.45) is 7.05 Å². The first-order valence-electron chi connectivity index (χ1n) is 9.35. The molecule has 3 N–H and O–H groups in total. The van der Waals surface area contributed by atoms with Crippen LogP contribution in [0.1, 0.15) is 22.2 Å². The number of H-pyrrole nitrogens is 2. The van der Waals surface area contributed by atoms with Gasteiger partial charge in [-0.3, -0.25) is 14.3 Å². The van der Waals surface area contributed by atoms with Crippen LogP contribution >= 0.6 is 11.3 Å². The number of aromatic amines is 2. The van der Waals surface area contributed by atoms with Gasteiger partial charge in [-0.1, -0.05) is 0 Å². The summed E-state index contributed by atoms with van der Waals surface area (Å²) in [4.78, 5) is 43.3. The number of nitrogens with zero attached hydrogens (tertiary/aromatic N) is 1. The molecule has 4 rings (SSSR count). The number of hydrogen-bond donors (Lipinski definition) is 3. The first kappa shape index (κ1) is 20.6. The highest BCUT2D eigenvalue weighted by molar-refractivity contribution is 7.16. The van der Waals surface area contributed by atoms with Crippen molar-refractivity contribution in [3.05, 3.63) is 61.4 Å². The summed E-state index contributed by atoms with van der Waals surface area (Å²) in [6, 6.07) is 5.55. The smallest absolute Gasteiger partial charge is 0.343 e. The molecule has 31 heavy (non-hydrogen) atoms.